The number of hydrogen-bond donors (Lipinski definition) is 0. The maximum atomic E-state index is 5.09. The summed E-state index contributed by atoms with van der Waals surface area (Å²) >= 11 is 0. The lowest BCUT2D eigenvalue weighted by atomic mass is 9.98. The molecule has 0 aliphatic carbocycles. The van der Waals surface area contributed by atoms with Gasteiger partial charge in [0, 0.05) is 33.0 Å². The Morgan fingerprint density at radius 3 is 1.30 bits per heavy atom. The molecule has 4 nitrogen and oxygen atoms in total. The molecule has 206 valence electrons. The fourth-order valence-corrected chi connectivity index (χ4v) is 5.72. The molecule has 6 aromatic carbocycles. The fraction of sp³-hybridized carbons (Fsp3) is 0. The van der Waals surface area contributed by atoms with Crippen molar-refractivity contribution in [3.05, 3.63) is 158 Å². The molecule has 0 aliphatic rings. The maximum absolute atomic E-state index is 5.09. The van der Waals surface area contributed by atoms with E-state index >= 15 is 0 Å². The van der Waals surface area contributed by atoms with E-state index < -0.39 is 0 Å². The Morgan fingerprint density at radius 1 is 0.273 bits per heavy atom. The lowest BCUT2D eigenvalue weighted by Gasteiger charge is -2.12. The minimum Gasteiger partial charge on any atom is -0.228 e. The number of nitrogens with zero attached hydrogens (tertiary/aromatic N) is 4. The molecule has 0 radical (unpaired) electrons. The number of benzene rings is 6. The average Bonchev–Trinajstić information content (AvgIpc) is 3.11. The van der Waals surface area contributed by atoms with Crippen molar-refractivity contribution >= 4 is 21.8 Å². The number of fused-ring (bicyclic) bond motifs is 2. The summed E-state index contributed by atoms with van der Waals surface area (Å²) in [5.41, 5.74) is 9.95. The van der Waals surface area contributed by atoms with Crippen molar-refractivity contribution in [1.29, 1.82) is 0 Å². The molecule has 0 N–H and O–H groups in total. The maximum Gasteiger partial charge on any atom is 0.160 e. The number of para-hydroxylation sites is 2. The van der Waals surface area contributed by atoms with Gasteiger partial charge in [-0.05, 0) is 35.4 Å². The van der Waals surface area contributed by atoms with Crippen LogP contribution in [-0.4, -0.2) is 19.9 Å². The number of rotatable bonds is 5. The van der Waals surface area contributed by atoms with Crippen molar-refractivity contribution < 1.29 is 0 Å². The highest BCUT2D eigenvalue weighted by Crippen LogP contribution is 2.34. The summed E-state index contributed by atoms with van der Waals surface area (Å²) in [4.78, 5) is 20.0. The molecule has 8 rings (SSSR count). The van der Waals surface area contributed by atoms with E-state index in [0.717, 1.165) is 72.4 Å². The van der Waals surface area contributed by atoms with Crippen molar-refractivity contribution in [1.82, 2.24) is 19.9 Å². The van der Waals surface area contributed by atoms with E-state index in [2.05, 4.69) is 78.9 Å². The Morgan fingerprint density at radius 2 is 0.682 bits per heavy atom. The topological polar surface area (TPSA) is 51.6 Å². The quantitative estimate of drug-likeness (QED) is 0.209. The highest BCUT2D eigenvalue weighted by molar-refractivity contribution is 5.95. The van der Waals surface area contributed by atoms with Gasteiger partial charge in [0.1, 0.15) is 0 Å². The van der Waals surface area contributed by atoms with Gasteiger partial charge in [0.2, 0.25) is 0 Å². The minimum atomic E-state index is 0.704. The summed E-state index contributed by atoms with van der Waals surface area (Å²) in [7, 11) is 0. The van der Waals surface area contributed by atoms with Crippen molar-refractivity contribution in [2.75, 3.05) is 0 Å². The molecule has 0 unspecified atom stereocenters. The first-order valence-electron chi connectivity index (χ1n) is 14.7. The Bertz CT molecular complexity index is 2280. The molecule has 0 saturated carbocycles. The first-order valence-corrected chi connectivity index (χ1v) is 14.7. The monoisotopic (exact) mass is 562 g/mol. The zero-order valence-corrected chi connectivity index (χ0v) is 23.8. The fourth-order valence-electron chi connectivity index (χ4n) is 5.72. The Labute approximate surface area is 255 Å². The van der Waals surface area contributed by atoms with Gasteiger partial charge >= 0.3 is 0 Å². The molecule has 8 aromatic rings. The molecular formula is C40H26N4. The number of aromatic nitrogens is 4. The third-order valence-electron chi connectivity index (χ3n) is 7.88. The second kappa shape index (κ2) is 11.0. The highest BCUT2D eigenvalue weighted by atomic mass is 14.9. The summed E-state index contributed by atoms with van der Waals surface area (Å²) in [6, 6.07) is 53.9. The van der Waals surface area contributed by atoms with Gasteiger partial charge < -0.3 is 0 Å². The molecule has 2 heterocycles. The second-order valence-corrected chi connectivity index (χ2v) is 10.7. The second-order valence-electron chi connectivity index (χ2n) is 10.7. The Kier molecular flexibility index (Phi) is 6.43. The van der Waals surface area contributed by atoms with Crippen molar-refractivity contribution in [2.24, 2.45) is 0 Å². The predicted octanol–water partition coefficient (Wildman–Crippen LogP) is 9.91. The van der Waals surface area contributed by atoms with Crippen LogP contribution in [0.4, 0.5) is 0 Å². The summed E-state index contributed by atoms with van der Waals surface area (Å²) in [5.74, 6) is 1.42. The zero-order chi connectivity index (χ0) is 29.3. The molecule has 4 heteroatoms. The van der Waals surface area contributed by atoms with Gasteiger partial charge in [-0.2, -0.15) is 0 Å². The molecule has 0 bridgehead atoms. The van der Waals surface area contributed by atoms with Gasteiger partial charge in [0.15, 0.2) is 11.6 Å². The average molecular weight is 563 g/mol. The summed E-state index contributed by atoms with van der Waals surface area (Å²) in [6.45, 7) is 0. The van der Waals surface area contributed by atoms with E-state index in [1.807, 2.05) is 78.9 Å². The van der Waals surface area contributed by atoms with Crippen molar-refractivity contribution in [3.8, 4) is 56.4 Å². The van der Waals surface area contributed by atoms with E-state index in [4.69, 9.17) is 19.9 Å². The van der Waals surface area contributed by atoms with Crippen LogP contribution in [0.3, 0.4) is 0 Å². The van der Waals surface area contributed by atoms with Gasteiger partial charge in [-0.3, -0.25) is 0 Å². The third-order valence-corrected chi connectivity index (χ3v) is 7.88. The lowest BCUT2D eigenvalue weighted by Crippen LogP contribution is -1.96. The molecule has 0 saturated heterocycles. The van der Waals surface area contributed by atoms with Gasteiger partial charge in [0.25, 0.3) is 0 Å². The van der Waals surface area contributed by atoms with Crippen molar-refractivity contribution in [3.63, 3.8) is 0 Å². The highest BCUT2D eigenvalue weighted by Gasteiger charge is 2.14. The van der Waals surface area contributed by atoms with E-state index in [1.54, 1.807) is 0 Å². The largest absolute Gasteiger partial charge is 0.228 e. The molecule has 2 aromatic heterocycles. The van der Waals surface area contributed by atoms with Crippen LogP contribution in [0.2, 0.25) is 0 Å². The van der Waals surface area contributed by atoms with Crippen LogP contribution in [0.5, 0.6) is 0 Å². The third kappa shape index (κ3) is 4.79. The molecule has 0 amide bonds. The van der Waals surface area contributed by atoms with E-state index in [0.29, 0.717) is 5.82 Å². The summed E-state index contributed by atoms with van der Waals surface area (Å²) in [5, 5.41) is 2.06. The molecule has 0 spiro atoms. The van der Waals surface area contributed by atoms with Gasteiger partial charge in [-0.1, -0.05) is 133 Å². The predicted molar refractivity (Wildman–Crippen MR) is 180 cm³/mol. The van der Waals surface area contributed by atoms with Crippen LogP contribution in [0.1, 0.15) is 0 Å². The van der Waals surface area contributed by atoms with Gasteiger partial charge in [-0.25, -0.2) is 19.9 Å². The van der Waals surface area contributed by atoms with Crippen LogP contribution in [0.15, 0.2) is 158 Å². The normalized spacial score (nSPS) is 11.2. The SMILES string of the molecule is c1ccc(-c2nc(-c3cccc(-c4cccc(-c5nc(-c6ccccc6)c6ccccc6n5)c4)c3)c3ccccc3n2)cc1. The Balaban J connectivity index is 1.24. The molecule has 44 heavy (non-hydrogen) atoms. The minimum absolute atomic E-state index is 0.704. The summed E-state index contributed by atoms with van der Waals surface area (Å²) in [6.07, 6.45) is 0. The lowest BCUT2D eigenvalue weighted by molar-refractivity contribution is 1.23. The van der Waals surface area contributed by atoms with Crippen molar-refractivity contribution in [2.45, 2.75) is 0 Å². The van der Waals surface area contributed by atoms with Crippen LogP contribution in [0, 0.1) is 0 Å². The smallest absolute Gasteiger partial charge is 0.160 e. The molecular weight excluding hydrogens is 536 g/mol. The first kappa shape index (κ1) is 25.7. The van der Waals surface area contributed by atoms with E-state index in [9.17, 15) is 0 Å². The van der Waals surface area contributed by atoms with E-state index in [-0.39, 0.29) is 0 Å². The molecule has 0 fully saturated rings. The Hall–Kier alpha value is -6.00. The standard InChI is InChI=1S/C40H26N4/c1-3-13-27(14-4-1)37-33-21-7-9-23-35(33)42-40(43-37)32-20-12-18-30(26-32)29-17-11-19-31(25-29)38-34-22-8-10-24-36(34)41-39(44-38)28-15-5-2-6-16-28/h1-26H. The number of hydrogen-bond acceptors (Lipinski definition) is 4. The first-order chi connectivity index (χ1) is 21.8. The van der Waals surface area contributed by atoms with Gasteiger partial charge in [-0.15, -0.1) is 0 Å². The zero-order valence-electron chi connectivity index (χ0n) is 23.8. The van der Waals surface area contributed by atoms with E-state index in [1.165, 1.54) is 0 Å². The van der Waals surface area contributed by atoms with Crippen LogP contribution >= 0.6 is 0 Å². The van der Waals surface area contributed by atoms with Gasteiger partial charge in [0.05, 0.1) is 22.4 Å². The van der Waals surface area contributed by atoms with Crippen LogP contribution in [0.25, 0.3) is 78.2 Å². The molecule has 0 aliphatic heterocycles. The molecule has 0 atom stereocenters. The summed E-state index contributed by atoms with van der Waals surface area (Å²) < 4.78 is 0. The van der Waals surface area contributed by atoms with Crippen LogP contribution in [-0.2, 0) is 0 Å². The van der Waals surface area contributed by atoms with Crippen LogP contribution < -0.4 is 0 Å².